The molecule has 0 amide bonds. The second kappa shape index (κ2) is 6.48. The first kappa shape index (κ1) is 15.0. The number of hydrogen-bond acceptors (Lipinski definition) is 6. The largest absolute Gasteiger partial charge is 0.464 e. The molecule has 0 spiro atoms. The molecular formula is C15H20N4O2S. The highest BCUT2D eigenvalue weighted by Crippen LogP contribution is 2.24. The van der Waals surface area contributed by atoms with Crippen LogP contribution in [0.5, 0.6) is 0 Å². The van der Waals surface area contributed by atoms with Gasteiger partial charge in [0.1, 0.15) is 5.69 Å². The number of piperidine rings is 1. The zero-order valence-electron chi connectivity index (χ0n) is 12.9. The first-order valence-electron chi connectivity index (χ1n) is 7.49. The van der Waals surface area contributed by atoms with Crippen molar-refractivity contribution in [3.63, 3.8) is 0 Å². The van der Waals surface area contributed by atoms with Crippen LogP contribution in [0.2, 0.25) is 0 Å². The van der Waals surface area contributed by atoms with Crippen molar-refractivity contribution in [3.8, 4) is 0 Å². The maximum atomic E-state index is 11.8. The smallest absolute Gasteiger partial charge is 0.356 e. The molecule has 0 unspecified atom stereocenters. The summed E-state index contributed by atoms with van der Waals surface area (Å²) in [6, 6.07) is 1.74. The number of nitrogens with zero attached hydrogens (tertiary/aromatic N) is 4. The van der Waals surface area contributed by atoms with Crippen LogP contribution in [-0.4, -0.2) is 40.9 Å². The van der Waals surface area contributed by atoms with Gasteiger partial charge in [-0.15, -0.1) is 11.3 Å². The number of carbonyl (C=O) groups is 1. The fourth-order valence-corrected chi connectivity index (χ4v) is 3.56. The summed E-state index contributed by atoms with van der Waals surface area (Å²) in [6.07, 6.45) is 3.78. The summed E-state index contributed by atoms with van der Waals surface area (Å²) in [5, 5.41) is 7.48. The molecule has 0 aromatic carbocycles. The molecule has 3 rings (SSSR count). The molecule has 3 heterocycles. The van der Waals surface area contributed by atoms with Crippen LogP contribution in [0.4, 0.5) is 5.13 Å². The molecule has 1 aliphatic heterocycles. The Bertz CT molecular complexity index is 658. The van der Waals surface area contributed by atoms with Gasteiger partial charge >= 0.3 is 5.97 Å². The highest BCUT2D eigenvalue weighted by atomic mass is 32.1. The van der Waals surface area contributed by atoms with E-state index in [0.29, 0.717) is 12.2 Å². The Morgan fingerprint density at radius 3 is 2.86 bits per heavy atom. The third-order valence-corrected chi connectivity index (χ3v) is 4.72. The standard InChI is InChI=1S/C15H20N4O2S/c1-11-8-13(14(20)21-2)19(17-11)9-12-10-22-15(16-12)18-6-4-3-5-7-18/h8,10H,3-7,9H2,1-2H3. The third kappa shape index (κ3) is 3.14. The summed E-state index contributed by atoms with van der Waals surface area (Å²) >= 11 is 1.66. The van der Waals surface area contributed by atoms with E-state index in [0.717, 1.165) is 29.6 Å². The van der Waals surface area contributed by atoms with E-state index < -0.39 is 0 Å². The summed E-state index contributed by atoms with van der Waals surface area (Å²) in [5.41, 5.74) is 2.19. The molecule has 22 heavy (non-hydrogen) atoms. The first-order chi connectivity index (χ1) is 10.7. The topological polar surface area (TPSA) is 60.2 Å². The second-order valence-corrected chi connectivity index (χ2v) is 6.33. The van der Waals surface area contributed by atoms with Crippen LogP contribution in [0, 0.1) is 6.92 Å². The predicted octanol–water partition coefficient (Wildman–Crippen LogP) is 2.47. The van der Waals surface area contributed by atoms with Crippen LogP contribution >= 0.6 is 11.3 Å². The molecule has 1 fully saturated rings. The van der Waals surface area contributed by atoms with E-state index in [9.17, 15) is 4.79 Å². The fourth-order valence-electron chi connectivity index (χ4n) is 2.69. The lowest BCUT2D eigenvalue weighted by atomic mass is 10.1. The zero-order valence-corrected chi connectivity index (χ0v) is 13.7. The molecule has 0 N–H and O–H groups in total. The van der Waals surface area contributed by atoms with Gasteiger partial charge in [0.05, 0.1) is 25.0 Å². The number of aryl methyl sites for hydroxylation is 1. The van der Waals surface area contributed by atoms with Crippen molar-refractivity contribution in [2.45, 2.75) is 32.7 Å². The van der Waals surface area contributed by atoms with E-state index >= 15 is 0 Å². The summed E-state index contributed by atoms with van der Waals surface area (Å²) in [7, 11) is 1.38. The molecule has 118 valence electrons. The summed E-state index contributed by atoms with van der Waals surface area (Å²) in [4.78, 5) is 18.8. The minimum Gasteiger partial charge on any atom is -0.464 e. The van der Waals surface area contributed by atoms with Gasteiger partial charge in [-0.3, -0.25) is 4.68 Å². The van der Waals surface area contributed by atoms with E-state index in [-0.39, 0.29) is 5.97 Å². The van der Waals surface area contributed by atoms with Crippen molar-refractivity contribution < 1.29 is 9.53 Å². The van der Waals surface area contributed by atoms with E-state index in [1.807, 2.05) is 12.3 Å². The molecule has 0 saturated carbocycles. The lowest BCUT2D eigenvalue weighted by Crippen LogP contribution is -2.29. The number of esters is 1. The number of thiazole rings is 1. The maximum absolute atomic E-state index is 11.8. The van der Waals surface area contributed by atoms with Gasteiger partial charge in [0.15, 0.2) is 5.13 Å². The van der Waals surface area contributed by atoms with Crippen LogP contribution in [0.3, 0.4) is 0 Å². The van der Waals surface area contributed by atoms with Crippen molar-refractivity contribution in [1.29, 1.82) is 0 Å². The number of carbonyl (C=O) groups excluding carboxylic acids is 1. The van der Waals surface area contributed by atoms with Gasteiger partial charge in [-0.2, -0.15) is 5.10 Å². The van der Waals surface area contributed by atoms with E-state index in [1.54, 1.807) is 22.1 Å². The molecule has 2 aromatic heterocycles. The van der Waals surface area contributed by atoms with Gasteiger partial charge in [0.25, 0.3) is 0 Å². The average molecular weight is 320 g/mol. The van der Waals surface area contributed by atoms with Crippen molar-refractivity contribution >= 4 is 22.4 Å². The molecule has 1 saturated heterocycles. The molecule has 1 aliphatic rings. The maximum Gasteiger partial charge on any atom is 0.356 e. The molecule has 6 nitrogen and oxygen atoms in total. The molecule has 7 heteroatoms. The lowest BCUT2D eigenvalue weighted by molar-refractivity contribution is 0.0587. The van der Waals surface area contributed by atoms with Crippen LogP contribution in [0.15, 0.2) is 11.4 Å². The molecule has 0 atom stereocenters. The van der Waals surface area contributed by atoms with Crippen LogP contribution < -0.4 is 4.90 Å². The fraction of sp³-hybridized carbons (Fsp3) is 0.533. The van der Waals surface area contributed by atoms with Crippen LogP contribution in [-0.2, 0) is 11.3 Å². The summed E-state index contributed by atoms with van der Waals surface area (Å²) < 4.78 is 6.47. The quantitative estimate of drug-likeness (QED) is 0.810. The van der Waals surface area contributed by atoms with Gasteiger partial charge in [0.2, 0.25) is 0 Å². The minimum absolute atomic E-state index is 0.368. The van der Waals surface area contributed by atoms with Gasteiger partial charge in [0, 0.05) is 18.5 Å². The van der Waals surface area contributed by atoms with Crippen LogP contribution in [0.25, 0.3) is 0 Å². The first-order valence-corrected chi connectivity index (χ1v) is 8.37. The van der Waals surface area contributed by atoms with Crippen LogP contribution in [0.1, 0.15) is 41.1 Å². The predicted molar refractivity (Wildman–Crippen MR) is 85.6 cm³/mol. The van der Waals surface area contributed by atoms with Crippen molar-refractivity contribution in [2.24, 2.45) is 0 Å². The molecule has 2 aromatic rings. The highest BCUT2D eigenvalue weighted by Gasteiger charge is 2.17. The third-order valence-electron chi connectivity index (χ3n) is 3.77. The lowest BCUT2D eigenvalue weighted by Gasteiger charge is -2.25. The molecule has 0 bridgehead atoms. The average Bonchev–Trinajstić information content (AvgIpc) is 3.14. The van der Waals surface area contributed by atoms with Gasteiger partial charge in [-0.1, -0.05) is 0 Å². The Balaban J connectivity index is 1.76. The van der Waals surface area contributed by atoms with Gasteiger partial charge < -0.3 is 9.64 Å². The zero-order chi connectivity index (χ0) is 15.5. The Morgan fingerprint density at radius 1 is 1.36 bits per heavy atom. The normalized spacial score (nSPS) is 15.1. The van der Waals surface area contributed by atoms with Gasteiger partial charge in [-0.25, -0.2) is 9.78 Å². The monoisotopic (exact) mass is 320 g/mol. The Hall–Kier alpha value is -1.89. The SMILES string of the molecule is COC(=O)c1cc(C)nn1Cc1csc(N2CCCCC2)n1. The Kier molecular flexibility index (Phi) is 4.42. The Labute approximate surface area is 133 Å². The number of aromatic nitrogens is 3. The number of anilines is 1. The molecule has 0 radical (unpaired) electrons. The Morgan fingerprint density at radius 2 is 2.14 bits per heavy atom. The highest BCUT2D eigenvalue weighted by molar-refractivity contribution is 7.13. The van der Waals surface area contributed by atoms with Crippen molar-refractivity contribution in [2.75, 3.05) is 25.1 Å². The summed E-state index contributed by atoms with van der Waals surface area (Å²) in [6.45, 7) is 4.52. The number of ether oxygens (including phenoxy) is 1. The van der Waals surface area contributed by atoms with Crippen molar-refractivity contribution in [1.82, 2.24) is 14.8 Å². The number of rotatable bonds is 4. The number of methoxy groups -OCH3 is 1. The molecule has 0 aliphatic carbocycles. The number of hydrogen-bond donors (Lipinski definition) is 0. The second-order valence-electron chi connectivity index (χ2n) is 5.49. The van der Waals surface area contributed by atoms with E-state index in [1.165, 1.54) is 26.4 Å². The minimum atomic E-state index is -0.368. The van der Waals surface area contributed by atoms with E-state index in [4.69, 9.17) is 9.72 Å². The van der Waals surface area contributed by atoms with Gasteiger partial charge in [-0.05, 0) is 32.3 Å². The molecular weight excluding hydrogens is 300 g/mol. The van der Waals surface area contributed by atoms with E-state index in [2.05, 4.69) is 10.00 Å². The summed E-state index contributed by atoms with van der Waals surface area (Å²) in [5.74, 6) is -0.368. The van der Waals surface area contributed by atoms with Crippen molar-refractivity contribution in [3.05, 3.63) is 28.5 Å².